The Bertz CT molecular complexity index is 888. The molecule has 3 atom stereocenters. The summed E-state index contributed by atoms with van der Waals surface area (Å²) in [4.78, 5) is 25.9. The van der Waals surface area contributed by atoms with Crippen molar-refractivity contribution in [2.45, 2.75) is 30.7 Å². The van der Waals surface area contributed by atoms with Gasteiger partial charge < -0.3 is 14.7 Å². The van der Waals surface area contributed by atoms with Gasteiger partial charge in [-0.25, -0.2) is 4.79 Å². The van der Waals surface area contributed by atoms with Gasteiger partial charge in [-0.15, -0.1) is 0 Å². The number of carboxylic acids is 1. The Labute approximate surface area is 172 Å². The fourth-order valence-corrected chi connectivity index (χ4v) is 4.08. The van der Waals surface area contributed by atoms with E-state index in [-0.39, 0.29) is 24.4 Å². The summed E-state index contributed by atoms with van der Waals surface area (Å²) in [5, 5.41) is 9.61. The number of halogens is 3. The SMILES string of the molecule is CO[C@](C(=O)N1C[C@@H](Cc2ccccc2)C[C@H]1C(=O)O)(c1ccccc1)C(F)(F)F. The molecule has 1 N–H and O–H groups in total. The second-order valence-corrected chi connectivity index (χ2v) is 7.35. The maximum atomic E-state index is 14.2. The Morgan fingerprint density at radius 2 is 1.63 bits per heavy atom. The molecule has 1 saturated heterocycles. The van der Waals surface area contributed by atoms with Gasteiger partial charge in [0.1, 0.15) is 6.04 Å². The number of carboxylic acid groups (broad SMARTS) is 1. The molecule has 0 bridgehead atoms. The van der Waals surface area contributed by atoms with Crippen molar-refractivity contribution in [2.75, 3.05) is 13.7 Å². The van der Waals surface area contributed by atoms with Crippen LogP contribution in [-0.4, -0.2) is 47.8 Å². The molecule has 2 aromatic carbocycles. The molecule has 1 amide bonds. The smallest absolute Gasteiger partial charge is 0.430 e. The predicted molar refractivity (Wildman–Crippen MR) is 103 cm³/mol. The van der Waals surface area contributed by atoms with Crippen LogP contribution in [0.3, 0.4) is 0 Å². The molecule has 0 radical (unpaired) electrons. The lowest BCUT2D eigenvalue weighted by molar-refractivity contribution is -0.270. The van der Waals surface area contributed by atoms with Gasteiger partial charge in [0.2, 0.25) is 0 Å². The molecule has 0 spiro atoms. The van der Waals surface area contributed by atoms with Gasteiger partial charge >= 0.3 is 12.1 Å². The maximum absolute atomic E-state index is 14.2. The van der Waals surface area contributed by atoms with E-state index in [2.05, 4.69) is 0 Å². The number of carbonyl (C=O) groups excluding carboxylic acids is 1. The summed E-state index contributed by atoms with van der Waals surface area (Å²) in [6, 6.07) is 14.4. The highest BCUT2D eigenvalue weighted by molar-refractivity contribution is 5.91. The minimum Gasteiger partial charge on any atom is -0.480 e. The summed E-state index contributed by atoms with van der Waals surface area (Å²) in [5.74, 6) is -3.03. The average molecular weight is 421 g/mol. The zero-order valence-electron chi connectivity index (χ0n) is 16.3. The summed E-state index contributed by atoms with van der Waals surface area (Å²) < 4.78 is 47.5. The van der Waals surface area contributed by atoms with Crippen molar-refractivity contribution in [2.24, 2.45) is 5.92 Å². The minimum atomic E-state index is -5.08. The highest BCUT2D eigenvalue weighted by Gasteiger charge is 2.65. The standard InChI is InChI=1S/C22H22F3NO4/c1-30-21(22(23,24)25,17-10-6-3-7-11-17)20(29)26-14-16(13-18(26)19(27)28)12-15-8-4-2-5-9-15/h2-11,16,18H,12-14H2,1H3,(H,27,28)/t16-,18-,21-/m0/s1. The van der Waals surface area contributed by atoms with Crippen molar-refractivity contribution >= 4 is 11.9 Å². The number of benzene rings is 2. The number of ether oxygens (including phenoxy) is 1. The zero-order chi connectivity index (χ0) is 21.9. The van der Waals surface area contributed by atoms with Gasteiger partial charge in [0.25, 0.3) is 11.5 Å². The maximum Gasteiger partial charge on any atom is 0.430 e. The molecular formula is C22H22F3NO4. The lowest BCUT2D eigenvalue weighted by atomic mass is 9.90. The van der Waals surface area contributed by atoms with Crippen molar-refractivity contribution in [3.63, 3.8) is 0 Å². The molecular weight excluding hydrogens is 399 g/mol. The summed E-state index contributed by atoms with van der Waals surface area (Å²) >= 11 is 0. The molecule has 0 saturated carbocycles. The molecule has 30 heavy (non-hydrogen) atoms. The van der Waals surface area contributed by atoms with Crippen LogP contribution in [0.25, 0.3) is 0 Å². The van der Waals surface area contributed by atoms with Gasteiger partial charge in [-0.3, -0.25) is 4.79 Å². The van der Waals surface area contributed by atoms with Crippen LogP contribution in [-0.2, 0) is 26.3 Å². The molecule has 5 nitrogen and oxygen atoms in total. The predicted octanol–water partition coefficient (Wildman–Crippen LogP) is 3.64. The van der Waals surface area contributed by atoms with E-state index in [1.54, 1.807) is 0 Å². The molecule has 160 valence electrons. The minimum absolute atomic E-state index is 0.0718. The van der Waals surface area contributed by atoms with Gasteiger partial charge in [0.05, 0.1) is 0 Å². The van der Waals surface area contributed by atoms with Gasteiger partial charge in [-0.05, 0) is 24.3 Å². The highest BCUT2D eigenvalue weighted by Crippen LogP contribution is 2.45. The summed E-state index contributed by atoms with van der Waals surface area (Å²) in [6.07, 6.45) is -4.55. The molecule has 1 fully saturated rings. The normalized spacial score (nSPS) is 21.3. The van der Waals surface area contributed by atoms with Crippen molar-refractivity contribution < 1.29 is 32.6 Å². The van der Waals surface area contributed by atoms with Gasteiger partial charge in [-0.2, -0.15) is 13.2 Å². The van der Waals surface area contributed by atoms with Gasteiger partial charge in [0.15, 0.2) is 0 Å². The summed E-state index contributed by atoms with van der Waals surface area (Å²) in [5.41, 5.74) is -2.73. The Hall–Kier alpha value is -2.87. The second-order valence-electron chi connectivity index (χ2n) is 7.35. The number of aliphatic carboxylic acids is 1. The van der Waals surface area contributed by atoms with Crippen LogP contribution < -0.4 is 0 Å². The van der Waals surface area contributed by atoms with Crippen LogP contribution in [0.2, 0.25) is 0 Å². The van der Waals surface area contributed by atoms with Crippen LogP contribution in [0.4, 0.5) is 13.2 Å². The third-order valence-electron chi connectivity index (χ3n) is 5.49. The van der Waals surface area contributed by atoms with Crippen LogP contribution in [0, 0.1) is 5.92 Å². The van der Waals surface area contributed by atoms with Crippen molar-refractivity contribution in [1.82, 2.24) is 4.90 Å². The van der Waals surface area contributed by atoms with Crippen LogP contribution >= 0.6 is 0 Å². The first-order valence-corrected chi connectivity index (χ1v) is 9.46. The lowest BCUT2D eigenvalue weighted by Gasteiger charge is -2.37. The molecule has 1 aliphatic heterocycles. The number of methoxy groups -OCH3 is 1. The van der Waals surface area contributed by atoms with E-state index in [9.17, 15) is 27.9 Å². The van der Waals surface area contributed by atoms with E-state index in [0.29, 0.717) is 6.42 Å². The molecule has 0 aromatic heterocycles. The van der Waals surface area contributed by atoms with Crippen molar-refractivity contribution in [3.05, 3.63) is 71.8 Å². The monoisotopic (exact) mass is 421 g/mol. The number of carbonyl (C=O) groups is 2. The largest absolute Gasteiger partial charge is 0.480 e. The molecule has 8 heteroatoms. The first-order valence-electron chi connectivity index (χ1n) is 9.46. The molecule has 2 aromatic rings. The molecule has 1 heterocycles. The number of rotatable bonds is 6. The molecule has 1 aliphatic rings. The fourth-order valence-electron chi connectivity index (χ4n) is 4.08. The van der Waals surface area contributed by atoms with E-state index in [1.165, 1.54) is 18.2 Å². The Balaban J connectivity index is 1.97. The van der Waals surface area contributed by atoms with Crippen molar-refractivity contribution in [1.29, 1.82) is 0 Å². The summed E-state index contributed by atoms with van der Waals surface area (Å²) in [7, 11) is 0.811. The van der Waals surface area contributed by atoms with Crippen LogP contribution in [0.5, 0.6) is 0 Å². The topological polar surface area (TPSA) is 66.8 Å². The quantitative estimate of drug-likeness (QED) is 0.774. The van der Waals surface area contributed by atoms with E-state index in [4.69, 9.17) is 4.74 Å². The van der Waals surface area contributed by atoms with Crippen LogP contribution in [0.15, 0.2) is 60.7 Å². The van der Waals surface area contributed by atoms with Gasteiger partial charge in [-0.1, -0.05) is 60.7 Å². The molecule has 0 unspecified atom stereocenters. The number of amides is 1. The first-order chi connectivity index (χ1) is 14.2. The zero-order valence-corrected chi connectivity index (χ0v) is 16.3. The first kappa shape index (κ1) is 21.8. The van der Waals surface area contributed by atoms with Crippen molar-refractivity contribution in [3.8, 4) is 0 Å². The molecule has 3 rings (SSSR count). The lowest BCUT2D eigenvalue weighted by Crippen LogP contribution is -2.58. The average Bonchev–Trinajstić information content (AvgIpc) is 3.13. The van der Waals surface area contributed by atoms with E-state index < -0.39 is 29.7 Å². The van der Waals surface area contributed by atoms with E-state index in [0.717, 1.165) is 29.7 Å². The number of hydrogen-bond donors (Lipinski definition) is 1. The fraction of sp³-hybridized carbons (Fsp3) is 0.364. The summed E-state index contributed by atoms with van der Waals surface area (Å²) in [6.45, 7) is -0.0985. The Kier molecular flexibility index (Phi) is 6.17. The third-order valence-corrected chi connectivity index (χ3v) is 5.49. The number of alkyl halides is 3. The van der Waals surface area contributed by atoms with Gasteiger partial charge in [0, 0.05) is 19.2 Å². The van der Waals surface area contributed by atoms with E-state index in [1.807, 2.05) is 30.3 Å². The second kappa shape index (κ2) is 8.47. The van der Waals surface area contributed by atoms with E-state index >= 15 is 0 Å². The Morgan fingerprint density at radius 3 is 2.13 bits per heavy atom. The highest BCUT2D eigenvalue weighted by atomic mass is 19.4. The molecule has 0 aliphatic carbocycles. The van der Waals surface area contributed by atoms with Crippen LogP contribution in [0.1, 0.15) is 17.5 Å². The number of likely N-dealkylation sites (tertiary alicyclic amines) is 1. The third kappa shape index (κ3) is 3.92. The Morgan fingerprint density at radius 1 is 1.07 bits per heavy atom. The number of nitrogens with zero attached hydrogens (tertiary/aromatic N) is 1. The number of hydrogen-bond acceptors (Lipinski definition) is 3.